The van der Waals surface area contributed by atoms with Crippen LogP contribution in [0.15, 0.2) is 174 Å². The Morgan fingerprint density at radius 3 is 1.70 bits per heavy atom. The third kappa shape index (κ3) is 4.07. The van der Waals surface area contributed by atoms with Crippen molar-refractivity contribution in [3.8, 4) is 23.0 Å². The van der Waals surface area contributed by atoms with Crippen molar-refractivity contribution in [2.24, 2.45) is 0 Å². The number of anilines is 3. The van der Waals surface area contributed by atoms with Crippen molar-refractivity contribution < 1.29 is 13.9 Å². The molecule has 0 spiro atoms. The Hall–Kier alpha value is -6.98. The van der Waals surface area contributed by atoms with E-state index in [2.05, 4.69) is 150 Å². The highest BCUT2D eigenvalue weighted by molar-refractivity contribution is 6.98. The summed E-state index contributed by atoms with van der Waals surface area (Å²) in [6.45, 7) is -0.0682. The maximum absolute atomic E-state index is 6.82. The molecule has 0 amide bonds. The molecule has 10 aromatic rings. The van der Waals surface area contributed by atoms with Gasteiger partial charge in [0, 0.05) is 33.7 Å². The standard InChI is InChI=1S/C48H28BNO3/c1-2-12-29(13-3-1)50(41-20-10-19-36-35-18-8-9-21-42(35)53-48(36)41)30-24-25-39-45(26-30)51-43-22-11-23-44-47(43)49(39)40-27-37-33-16-6-4-14-31(33)32-15-5-7-17-34(32)38(37)28-46(40)52-44/h1-28H. The van der Waals surface area contributed by atoms with Crippen LogP contribution < -0.4 is 30.8 Å². The van der Waals surface area contributed by atoms with E-state index in [9.17, 15) is 0 Å². The molecule has 0 N–H and O–H groups in total. The fraction of sp³-hybridized carbons (Fsp3) is 0. The Morgan fingerprint density at radius 2 is 0.962 bits per heavy atom. The van der Waals surface area contributed by atoms with E-state index in [1.807, 2.05) is 24.3 Å². The third-order valence-corrected chi connectivity index (χ3v) is 11.1. The number of ether oxygens (including phenoxy) is 2. The summed E-state index contributed by atoms with van der Waals surface area (Å²) in [7, 11) is 0. The van der Waals surface area contributed by atoms with E-state index >= 15 is 0 Å². The van der Waals surface area contributed by atoms with Gasteiger partial charge in [-0.05, 0) is 91.8 Å². The van der Waals surface area contributed by atoms with E-state index in [1.54, 1.807) is 0 Å². The molecule has 3 heterocycles. The van der Waals surface area contributed by atoms with Gasteiger partial charge >= 0.3 is 0 Å². The number of nitrogens with zero attached hydrogens (tertiary/aromatic N) is 1. The monoisotopic (exact) mass is 677 g/mol. The Kier molecular flexibility index (Phi) is 5.83. The fourth-order valence-corrected chi connectivity index (χ4v) is 8.87. The van der Waals surface area contributed by atoms with Gasteiger partial charge in [-0.25, -0.2) is 0 Å². The van der Waals surface area contributed by atoms with Crippen LogP contribution in [0.3, 0.4) is 0 Å². The van der Waals surface area contributed by atoms with E-state index in [0.29, 0.717) is 0 Å². The quantitative estimate of drug-likeness (QED) is 0.138. The minimum atomic E-state index is -0.0682. The molecule has 0 saturated carbocycles. The minimum absolute atomic E-state index is 0.0682. The van der Waals surface area contributed by atoms with E-state index < -0.39 is 0 Å². The average Bonchev–Trinajstić information content (AvgIpc) is 3.60. The first-order valence-electron chi connectivity index (χ1n) is 18.0. The molecule has 2 aliphatic rings. The number of rotatable bonds is 3. The predicted molar refractivity (Wildman–Crippen MR) is 219 cm³/mol. The Bertz CT molecular complexity index is 3150. The van der Waals surface area contributed by atoms with Gasteiger partial charge in [0.05, 0.1) is 5.69 Å². The van der Waals surface area contributed by atoms with Gasteiger partial charge in [-0.1, -0.05) is 115 Å². The third-order valence-electron chi connectivity index (χ3n) is 11.1. The molecule has 0 bridgehead atoms. The van der Waals surface area contributed by atoms with Crippen molar-refractivity contribution >= 4 is 94.4 Å². The SMILES string of the molecule is c1ccc(N(c2ccc3c(c2)Oc2cccc4c2B3c2cc3c5ccccc5c5ccccc5c3cc2O4)c2cccc3c2oc2ccccc23)cc1. The summed E-state index contributed by atoms with van der Waals surface area (Å²) in [5.41, 5.74) is 8.00. The number of benzene rings is 9. The van der Waals surface area contributed by atoms with Crippen molar-refractivity contribution in [2.45, 2.75) is 0 Å². The molecule has 5 heteroatoms. The number of para-hydroxylation sites is 3. The maximum Gasteiger partial charge on any atom is 0.260 e. The maximum atomic E-state index is 6.82. The van der Waals surface area contributed by atoms with Gasteiger partial charge in [0.25, 0.3) is 6.71 Å². The van der Waals surface area contributed by atoms with E-state index in [0.717, 1.165) is 78.4 Å². The van der Waals surface area contributed by atoms with E-state index in [-0.39, 0.29) is 6.71 Å². The number of furan rings is 1. The number of hydrogen-bond donors (Lipinski definition) is 0. The van der Waals surface area contributed by atoms with Crippen molar-refractivity contribution in [3.05, 3.63) is 170 Å². The first-order chi connectivity index (χ1) is 26.3. The highest BCUT2D eigenvalue weighted by Crippen LogP contribution is 2.44. The Balaban J connectivity index is 1.08. The summed E-state index contributed by atoms with van der Waals surface area (Å²) in [6.07, 6.45) is 0. The van der Waals surface area contributed by atoms with Crippen molar-refractivity contribution in [2.75, 3.05) is 4.90 Å². The molecule has 0 atom stereocenters. The van der Waals surface area contributed by atoms with Crippen molar-refractivity contribution in [1.29, 1.82) is 0 Å². The van der Waals surface area contributed by atoms with Crippen LogP contribution in [-0.2, 0) is 0 Å². The van der Waals surface area contributed by atoms with E-state index in [4.69, 9.17) is 13.9 Å². The summed E-state index contributed by atoms with van der Waals surface area (Å²) >= 11 is 0. The molecule has 9 aromatic carbocycles. The average molecular weight is 678 g/mol. The first-order valence-corrected chi connectivity index (χ1v) is 18.0. The number of hydrogen-bond acceptors (Lipinski definition) is 4. The lowest BCUT2D eigenvalue weighted by molar-refractivity contribution is 0.465. The summed E-state index contributed by atoms with van der Waals surface area (Å²) in [5, 5.41) is 9.57. The molecule has 0 unspecified atom stereocenters. The van der Waals surface area contributed by atoms with Gasteiger partial charge in [-0.15, -0.1) is 0 Å². The van der Waals surface area contributed by atoms with Crippen LogP contribution in [0.2, 0.25) is 0 Å². The van der Waals surface area contributed by atoms with Crippen molar-refractivity contribution in [3.63, 3.8) is 0 Å². The molecule has 4 nitrogen and oxygen atoms in total. The summed E-state index contributed by atoms with van der Waals surface area (Å²) in [6, 6.07) is 59.9. The minimum Gasteiger partial charge on any atom is -0.458 e. The zero-order valence-corrected chi connectivity index (χ0v) is 28.4. The zero-order valence-electron chi connectivity index (χ0n) is 28.4. The molecule has 0 radical (unpaired) electrons. The topological polar surface area (TPSA) is 34.8 Å². The molecule has 246 valence electrons. The van der Waals surface area contributed by atoms with Gasteiger partial charge in [0.1, 0.15) is 28.6 Å². The smallest absolute Gasteiger partial charge is 0.260 e. The first kappa shape index (κ1) is 28.7. The van der Waals surface area contributed by atoms with Gasteiger partial charge < -0.3 is 18.8 Å². The predicted octanol–water partition coefficient (Wildman–Crippen LogP) is 11.2. The van der Waals surface area contributed by atoms with Crippen molar-refractivity contribution in [1.82, 2.24) is 0 Å². The highest BCUT2D eigenvalue weighted by Gasteiger charge is 2.40. The molecule has 53 heavy (non-hydrogen) atoms. The van der Waals surface area contributed by atoms with Gasteiger partial charge in [0.15, 0.2) is 5.58 Å². The summed E-state index contributed by atoms with van der Waals surface area (Å²) in [4.78, 5) is 2.27. The molecule has 12 rings (SSSR count). The van der Waals surface area contributed by atoms with Crippen LogP contribution in [0.1, 0.15) is 0 Å². The van der Waals surface area contributed by atoms with Crippen LogP contribution in [-0.4, -0.2) is 6.71 Å². The van der Waals surface area contributed by atoms with Gasteiger partial charge in [-0.3, -0.25) is 0 Å². The second-order valence-corrected chi connectivity index (χ2v) is 14.0. The van der Waals surface area contributed by atoms with Crippen LogP contribution in [0.25, 0.3) is 54.3 Å². The highest BCUT2D eigenvalue weighted by atomic mass is 16.5. The molecule has 0 aliphatic carbocycles. The van der Waals surface area contributed by atoms with E-state index in [1.165, 1.54) is 32.3 Å². The molecule has 2 aliphatic heterocycles. The van der Waals surface area contributed by atoms with Crippen LogP contribution in [0.5, 0.6) is 23.0 Å². The summed E-state index contributed by atoms with van der Waals surface area (Å²) in [5.74, 6) is 3.36. The Morgan fingerprint density at radius 1 is 0.377 bits per heavy atom. The van der Waals surface area contributed by atoms with Gasteiger partial charge in [0.2, 0.25) is 0 Å². The lowest BCUT2D eigenvalue weighted by Gasteiger charge is -2.34. The Labute approximate surface area is 305 Å². The lowest BCUT2D eigenvalue weighted by Crippen LogP contribution is -2.57. The lowest BCUT2D eigenvalue weighted by atomic mass is 9.34. The fourth-order valence-electron chi connectivity index (χ4n) is 8.87. The zero-order chi connectivity index (χ0) is 34.6. The molecular weight excluding hydrogens is 649 g/mol. The molecule has 1 aromatic heterocycles. The second-order valence-electron chi connectivity index (χ2n) is 14.0. The summed E-state index contributed by atoms with van der Waals surface area (Å²) < 4.78 is 20.1. The molecule has 0 fully saturated rings. The number of fused-ring (bicyclic) bond motifs is 13. The second kappa shape index (κ2) is 10.8. The van der Waals surface area contributed by atoms with Crippen LogP contribution >= 0.6 is 0 Å². The van der Waals surface area contributed by atoms with Crippen LogP contribution in [0, 0.1) is 0 Å². The molecular formula is C48H28BNO3. The van der Waals surface area contributed by atoms with Gasteiger partial charge in [-0.2, -0.15) is 0 Å². The molecule has 0 saturated heterocycles. The normalized spacial score (nSPS) is 12.8. The largest absolute Gasteiger partial charge is 0.458 e. The van der Waals surface area contributed by atoms with Crippen LogP contribution in [0.4, 0.5) is 17.1 Å².